The van der Waals surface area contributed by atoms with Gasteiger partial charge in [-0.15, -0.1) is 6.58 Å². The lowest BCUT2D eigenvalue weighted by Gasteiger charge is -2.25. The molecule has 0 aromatic heterocycles. The molecule has 0 heterocycles. The van der Waals surface area contributed by atoms with Gasteiger partial charge in [0.05, 0.1) is 46.5 Å². The molecule has 0 aliphatic heterocycles. The van der Waals surface area contributed by atoms with Crippen molar-refractivity contribution in [1.82, 2.24) is 0 Å². The molecule has 3 rings (SSSR count). The van der Waals surface area contributed by atoms with Crippen LogP contribution < -0.4 is 13.8 Å². The fourth-order valence-corrected chi connectivity index (χ4v) is 4.65. The van der Waals surface area contributed by atoms with E-state index in [0.717, 1.165) is 10.4 Å². The van der Waals surface area contributed by atoms with Crippen molar-refractivity contribution in [2.24, 2.45) is 0 Å². The van der Waals surface area contributed by atoms with E-state index in [1.165, 1.54) is 49.6 Å². The summed E-state index contributed by atoms with van der Waals surface area (Å²) in [7, 11) is -2.68. The van der Waals surface area contributed by atoms with E-state index in [1.54, 1.807) is 24.3 Å². The molecule has 0 amide bonds. The smallest absolute Gasteiger partial charge is 0.345 e. The van der Waals surface area contributed by atoms with Crippen LogP contribution in [0.4, 0.5) is 5.69 Å². The Kier molecular flexibility index (Phi) is 7.38. The van der Waals surface area contributed by atoms with Crippen LogP contribution in [0.2, 0.25) is 5.02 Å². The van der Waals surface area contributed by atoms with Crippen LogP contribution in [0.25, 0.3) is 0 Å². The van der Waals surface area contributed by atoms with Crippen molar-refractivity contribution in [1.29, 1.82) is 5.26 Å². The molecule has 0 saturated heterocycles. The summed E-state index contributed by atoms with van der Waals surface area (Å²) in [5.74, 6) is -0.294. The van der Waals surface area contributed by atoms with Crippen molar-refractivity contribution in [2.75, 3.05) is 18.0 Å². The van der Waals surface area contributed by atoms with Crippen molar-refractivity contribution in [3.8, 4) is 17.6 Å². The summed E-state index contributed by atoms with van der Waals surface area (Å²) in [6.45, 7) is 3.61. The number of ether oxygens (including phenoxy) is 2. The van der Waals surface area contributed by atoms with Gasteiger partial charge in [0.1, 0.15) is 11.5 Å². The minimum Gasteiger partial charge on any atom is -0.495 e. The van der Waals surface area contributed by atoms with Crippen molar-refractivity contribution < 1.29 is 22.7 Å². The number of anilines is 1. The number of carbonyl (C=O) groups excluding carboxylic acids is 1. The Balaban J connectivity index is 1.99. The molecule has 168 valence electrons. The minimum absolute atomic E-state index is 0.0279. The van der Waals surface area contributed by atoms with Gasteiger partial charge in [-0.2, -0.15) is 5.26 Å². The number of esters is 1. The van der Waals surface area contributed by atoms with Gasteiger partial charge in [0.2, 0.25) is 0 Å². The molecule has 0 aliphatic carbocycles. The summed E-state index contributed by atoms with van der Waals surface area (Å²) in [6, 6.07) is 18.3. The number of benzene rings is 3. The molecule has 7 nitrogen and oxygen atoms in total. The van der Waals surface area contributed by atoms with Crippen LogP contribution in [-0.2, 0) is 10.0 Å². The Morgan fingerprint density at radius 1 is 1.15 bits per heavy atom. The molecule has 0 fully saturated rings. The molecule has 0 unspecified atom stereocenters. The van der Waals surface area contributed by atoms with Crippen LogP contribution >= 0.6 is 11.6 Å². The van der Waals surface area contributed by atoms with Crippen molar-refractivity contribution >= 4 is 33.3 Å². The summed E-state index contributed by atoms with van der Waals surface area (Å²) in [6.07, 6.45) is 1.44. The van der Waals surface area contributed by atoms with Gasteiger partial charge in [-0.1, -0.05) is 29.8 Å². The summed E-state index contributed by atoms with van der Waals surface area (Å²) in [5, 5.41) is 8.91. The summed E-state index contributed by atoms with van der Waals surface area (Å²) in [4.78, 5) is 12.6. The van der Waals surface area contributed by atoms with Crippen molar-refractivity contribution in [3.63, 3.8) is 0 Å². The van der Waals surface area contributed by atoms with Gasteiger partial charge in [-0.25, -0.2) is 13.2 Å². The van der Waals surface area contributed by atoms with Gasteiger partial charge >= 0.3 is 5.97 Å². The molecular weight excluding hydrogens is 464 g/mol. The van der Waals surface area contributed by atoms with Crippen LogP contribution in [0.1, 0.15) is 15.9 Å². The predicted molar refractivity (Wildman–Crippen MR) is 125 cm³/mol. The Bertz CT molecular complexity index is 1330. The number of halogens is 1. The molecule has 33 heavy (non-hydrogen) atoms. The zero-order valence-corrected chi connectivity index (χ0v) is 19.1. The molecule has 0 atom stereocenters. The Morgan fingerprint density at radius 2 is 1.85 bits per heavy atom. The third-order valence-electron chi connectivity index (χ3n) is 4.59. The Labute approximate surface area is 197 Å². The molecule has 0 radical (unpaired) electrons. The van der Waals surface area contributed by atoms with E-state index >= 15 is 0 Å². The maximum Gasteiger partial charge on any atom is 0.345 e. The second kappa shape index (κ2) is 10.2. The topological polar surface area (TPSA) is 96.7 Å². The maximum atomic E-state index is 13.5. The summed E-state index contributed by atoms with van der Waals surface area (Å²) in [5.41, 5.74) is 0.594. The summed E-state index contributed by atoms with van der Waals surface area (Å²) < 4.78 is 38.7. The number of sulfonamides is 1. The summed E-state index contributed by atoms with van der Waals surface area (Å²) >= 11 is 6.17. The first-order valence-corrected chi connectivity index (χ1v) is 11.4. The molecule has 0 saturated carbocycles. The predicted octanol–water partition coefficient (Wildman–Crippen LogP) is 4.82. The van der Waals surface area contributed by atoms with Crippen LogP contribution in [0.5, 0.6) is 11.5 Å². The Hall–Kier alpha value is -3.80. The van der Waals surface area contributed by atoms with Gasteiger partial charge in [0.25, 0.3) is 10.0 Å². The van der Waals surface area contributed by atoms with Crippen LogP contribution in [0, 0.1) is 11.3 Å². The number of hydrogen-bond acceptors (Lipinski definition) is 6. The molecule has 0 aliphatic rings. The van der Waals surface area contributed by atoms with E-state index in [1.807, 2.05) is 6.07 Å². The van der Waals surface area contributed by atoms with Crippen molar-refractivity contribution in [2.45, 2.75) is 4.90 Å². The molecule has 3 aromatic carbocycles. The van der Waals surface area contributed by atoms with Crippen LogP contribution in [0.15, 0.2) is 84.3 Å². The standard InChI is InChI=1S/C24H19ClN2O5S/c1-3-14-27(22-6-4-5-7-23(22)31-2)33(29,30)19-12-13-21(25)20(15-19)24(28)32-18-10-8-17(16-26)9-11-18/h3-13,15H,1,14H2,2H3. The highest BCUT2D eigenvalue weighted by Gasteiger charge is 2.28. The first kappa shape index (κ1) is 23.9. The largest absolute Gasteiger partial charge is 0.495 e. The third-order valence-corrected chi connectivity index (χ3v) is 6.69. The van der Waals surface area contributed by atoms with E-state index < -0.39 is 16.0 Å². The maximum absolute atomic E-state index is 13.5. The molecule has 0 spiro atoms. The first-order chi connectivity index (χ1) is 15.8. The SMILES string of the molecule is C=CCN(c1ccccc1OC)S(=O)(=O)c1ccc(Cl)c(C(=O)Oc2ccc(C#N)cc2)c1. The highest BCUT2D eigenvalue weighted by molar-refractivity contribution is 7.92. The lowest BCUT2D eigenvalue weighted by molar-refractivity contribution is 0.0734. The van der Waals surface area contributed by atoms with Gasteiger partial charge < -0.3 is 9.47 Å². The monoisotopic (exact) mass is 482 g/mol. The first-order valence-electron chi connectivity index (χ1n) is 9.60. The number of para-hydroxylation sites is 2. The lowest BCUT2D eigenvalue weighted by Crippen LogP contribution is -2.31. The average Bonchev–Trinajstić information content (AvgIpc) is 2.83. The highest BCUT2D eigenvalue weighted by Crippen LogP contribution is 2.33. The zero-order chi connectivity index (χ0) is 24.0. The van der Waals surface area contributed by atoms with Crippen LogP contribution in [0.3, 0.4) is 0 Å². The number of carbonyl (C=O) groups is 1. The molecule has 3 aromatic rings. The van der Waals surface area contributed by atoms with E-state index in [4.69, 9.17) is 26.3 Å². The minimum atomic E-state index is -4.12. The fourth-order valence-electron chi connectivity index (χ4n) is 2.99. The normalized spacial score (nSPS) is 10.7. The second-order valence-corrected chi connectivity index (χ2v) is 8.93. The number of hydrogen-bond donors (Lipinski definition) is 0. The van der Waals surface area contributed by atoms with Gasteiger partial charge in [-0.3, -0.25) is 4.31 Å². The Morgan fingerprint density at radius 3 is 2.48 bits per heavy atom. The average molecular weight is 483 g/mol. The molecule has 9 heteroatoms. The van der Waals surface area contributed by atoms with Gasteiger partial charge in [-0.05, 0) is 54.6 Å². The fraction of sp³-hybridized carbons (Fsp3) is 0.0833. The second-order valence-electron chi connectivity index (χ2n) is 6.66. The molecular formula is C24H19ClN2O5S. The van der Waals surface area contributed by atoms with Crippen LogP contribution in [-0.4, -0.2) is 28.0 Å². The molecule has 0 N–H and O–H groups in total. The van der Waals surface area contributed by atoms with E-state index in [2.05, 4.69) is 6.58 Å². The third kappa shape index (κ3) is 5.17. The highest BCUT2D eigenvalue weighted by atomic mass is 35.5. The quantitative estimate of drug-likeness (QED) is 0.259. The van der Waals surface area contributed by atoms with E-state index in [9.17, 15) is 13.2 Å². The van der Waals surface area contributed by atoms with E-state index in [0.29, 0.717) is 17.0 Å². The zero-order valence-electron chi connectivity index (χ0n) is 17.6. The van der Waals surface area contributed by atoms with Gasteiger partial charge in [0, 0.05) is 0 Å². The number of nitrogens with zero attached hydrogens (tertiary/aromatic N) is 2. The number of nitriles is 1. The van der Waals surface area contributed by atoms with Crippen molar-refractivity contribution in [3.05, 3.63) is 95.5 Å². The van der Waals surface area contributed by atoms with E-state index in [-0.39, 0.29) is 27.8 Å². The van der Waals surface area contributed by atoms with Gasteiger partial charge in [0.15, 0.2) is 0 Å². The molecule has 0 bridgehead atoms. The number of methoxy groups -OCH3 is 1. The number of rotatable bonds is 8. The lowest BCUT2D eigenvalue weighted by atomic mass is 10.2.